The van der Waals surface area contributed by atoms with E-state index in [4.69, 9.17) is 0 Å². The van der Waals surface area contributed by atoms with E-state index in [1.165, 1.54) is 12.2 Å². The average molecular weight is 150 g/mol. The normalized spacial score (nSPS) is 17.3. The van der Waals surface area contributed by atoms with Gasteiger partial charge in [0.05, 0.1) is 0 Å². The van der Waals surface area contributed by atoms with Crippen molar-refractivity contribution in [2.45, 2.75) is 12.8 Å². The molecule has 11 heavy (non-hydrogen) atoms. The van der Waals surface area contributed by atoms with Crippen molar-refractivity contribution in [2.75, 3.05) is 0 Å². The van der Waals surface area contributed by atoms with Crippen molar-refractivity contribution in [3.8, 4) is 0 Å². The van der Waals surface area contributed by atoms with Crippen molar-refractivity contribution in [2.24, 2.45) is 0 Å². The Morgan fingerprint density at radius 2 is 2.45 bits per heavy atom. The second-order valence-corrected chi connectivity index (χ2v) is 2.42. The molecular formula is C9H10O2. The Hall–Kier alpha value is -1.31. The van der Waals surface area contributed by atoms with Crippen LogP contribution in [0.4, 0.5) is 0 Å². The Bertz CT molecular complexity index is 246. The number of hydrogen-bond donors (Lipinski definition) is 1. The Labute approximate surface area is 65.5 Å². The summed E-state index contributed by atoms with van der Waals surface area (Å²) in [5.74, 6) is 0.254. The molecular weight excluding hydrogens is 140 g/mol. The van der Waals surface area contributed by atoms with Crippen LogP contribution in [-0.2, 0) is 4.79 Å². The maximum atomic E-state index is 10.8. The SMILES string of the molecule is C=CCC1=CC(=O)CC=C1O. The second-order valence-electron chi connectivity index (χ2n) is 2.42. The minimum Gasteiger partial charge on any atom is -0.508 e. The highest BCUT2D eigenvalue weighted by Crippen LogP contribution is 2.17. The van der Waals surface area contributed by atoms with Gasteiger partial charge in [-0.2, -0.15) is 0 Å². The van der Waals surface area contributed by atoms with Gasteiger partial charge in [-0.25, -0.2) is 0 Å². The van der Waals surface area contributed by atoms with Crippen LogP contribution < -0.4 is 0 Å². The molecule has 0 aromatic carbocycles. The van der Waals surface area contributed by atoms with Gasteiger partial charge in [-0.05, 0) is 18.6 Å². The van der Waals surface area contributed by atoms with E-state index < -0.39 is 0 Å². The number of aliphatic hydroxyl groups is 1. The van der Waals surface area contributed by atoms with Crippen LogP contribution in [0.5, 0.6) is 0 Å². The van der Waals surface area contributed by atoms with Gasteiger partial charge in [-0.15, -0.1) is 6.58 Å². The molecule has 0 bridgehead atoms. The molecule has 1 rings (SSSR count). The first-order valence-corrected chi connectivity index (χ1v) is 3.48. The molecule has 0 atom stereocenters. The van der Waals surface area contributed by atoms with Crippen LogP contribution in [0.3, 0.4) is 0 Å². The average Bonchev–Trinajstić information content (AvgIpc) is 1.98. The molecule has 1 aliphatic carbocycles. The standard InChI is InChI=1S/C9H10O2/c1-2-3-7-6-8(10)4-5-9(7)11/h2,5-6,11H,1,3-4H2. The number of carbonyl (C=O) groups excluding carboxylic acids is 1. The van der Waals surface area contributed by atoms with E-state index in [0.717, 1.165) is 0 Å². The van der Waals surface area contributed by atoms with Gasteiger partial charge < -0.3 is 5.11 Å². The van der Waals surface area contributed by atoms with Crippen molar-refractivity contribution in [3.63, 3.8) is 0 Å². The summed E-state index contributed by atoms with van der Waals surface area (Å²) in [6, 6.07) is 0. The summed E-state index contributed by atoms with van der Waals surface area (Å²) >= 11 is 0. The summed E-state index contributed by atoms with van der Waals surface area (Å²) in [4.78, 5) is 10.8. The topological polar surface area (TPSA) is 37.3 Å². The first-order chi connectivity index (χ1) is 5.24. The third-order valence-corrected chi connectivity index (χ3v) is 1.53. The minimum absolute atomic E-state index is 0.0413. The molecule has 0 saturated carbocycles. The highest BCUT2D eigenvalue weighted by Gasteiger charge is 2.09. The van der Waals surface area contributed by atoms with Crippen molar-refractivity contribution in [3.05, 3.63) is 36.1 Å². The quantitative estimate of drug-likeness (QED) is 0.610. The van der Waals surface area contributed by atoms with Crippen molar-refractivity contribution in [1.29, 1.82) is 0 Å². The molecule has 0 heterocycles. The third-order valence-electron chi connectivity index (χ3n) is 1.53. The second kappa shape index (κ2) is 3.19. The molecule has 58 valence electrons. The van der Waals surface area contributed by atoms with Gasteiger partial charge in [0.1, 0.15) is 5.76 Å². The molecule has 0 radical (unpaired) electrons. The van der Waals surface area contributed by atoms with Crippen LogP contribution in [0, 0.1) is 0 Å². The van der Waals surface area contributed by atoms with Crippen LogP contribution in [0.25, 0.3) is 0 Å². The maximum Gasteiger partial charge on any atom is 0.160 e. The first kappa shape index (κ1) is 7.79. The van der Waals surface area contributed by atoms with Gasteiger partial charge in [-0.1, -0.05) is 6.08 Å². The highest BCUT2D eigenvalue weighted by atomic mass is 16.3. The van der Waals surface area contributed by atoms with Crippen LogP contribution in [0.1, 0.15) is 12.8 Å². The molecule has 0 amide bonds. The maximum absolute atomic E-state index is 10.8. The van der Waals surface area contributed by atoms with Gasteiger partial charge in [0.15, 0.2) is 5.78 Å². The zero-order chi connectivity index (χ0) is 8.27. The van der Waals surface area contributed by atoms with E-state index in [-0.39, 0.29) is 11.5 Å². The van der Waals surface area contributed by atoms with E-state index in [9.17, 15) is 9.90 Å². The number of rotatable bonds is 2. The van der Waals surface area contributed by atoms with E-state index >= 15 is 0 Å². The summed E-state index contributed by atoms with van der Waals surface area (Å²) in [6.07, 6.45) is 5.52. The molecule has 1 aliphatic rings. The lowest BCUT2D eigenvalue weighted by Gasteiger charge is -2.07. The fourth-order valence-electron chi connectivity index (χ4n) is 0.975. The van der Waals surface area contributed by atoms with Crippen molar-refractivity contribution < 1.29 is 9.90 Å². The Balaban J connectivity index is 2.80. The number of hydrogen-bond acceptors (Lipinski definition) is 2. The Kier molecular flexibility index (Phi) is 2.26. The summed E-state index contributed by atoms with van der Waals surface area (Å²) in [7, 11) is 0. The predicted molar refractivity (Wildman–Crippen MR) is 43.2 cm³/mol. The molecule has 0 spiro atoms. The fraction of sp³-hybridized carbons (Fsp3) is 0.222. The Morgan fingerprint density at radius 1 is 1.73 bits per heavy atom. The van der Waals surface area contributed by atoms with Crippen LogP contribution in [0.15, 0.2) is 36.1 Å². The summed E-state index contributed by atoms with van der Waals surface area (Å²) in [5.41, 5.74) is 0.663. The van der Waals surface area contributed by atoms with Crippen LogP contribution in [0.2, 0.25) is 0 Å². The van der Waals surface area contributed by atoms with E-state index in [1.54, 1.807) is 6.08 Å². The minimum atomic E-state index is 0.0413. The van der Waals surface area contributed by atoms with Gasteiger partial charge >= 0.3 is 0 Å². The lowest BCUT2D eigenvalue weighted by molar-refractivity contribution is -0.114. The van der Waals surface area contributed by atoms with E-state index in [2.05, 4.69) is 6.58 Å². The molecule has 2 nitrogen and oxygen atoms in total. The summed E-state index contributed by atoms with van der Waals surface area (Å²) in [6.45, 7) is 3.52. The van der Waals surface area contributed by atoms with E-state index in [0.29, 0.717) is 18.4 Å². The van der Waals surface area contributed by atoms with Crippen molar-refractivity contribution in [1.82, 2.24) is 0 Å². The number of allylic oxidation sites excluding steroid dienone is 4. The number of aliphatic hydroxyl groups excluding tert-OH is 1. The molecule has 1 N–H and O–H groups in total. The molecule has 0 aliphatic heterocycles. The predicted octanol–water partition coefficient (Wildman–Crippen LogP) is 1.90. The number of carbonyl (C=O) groups is 1. The fourth-order valence-corrected chi connectivity index (χ4v) is 0.975. The van der Waals surface area contributed by atoms with Crippen LogP contribution in [-0.4, -0.2) is 10.9 Å². The third kappa shape index (κ3) is 1.80. The molecule has 0 unspecified atom stereocenters. The largest absolute Gasteiger partial charge is 0.508 e. The zero-order valence-electron chi connectivity index (χ0n) is 6.21. The van der Waals surface area contributed by atoms with Gasteiger partial charge in [-0.3, -0.25) is 4.79 Å². The highest BCUT2D eigenvalue weighted by molar-refractivity contribution is 5.93. The zero-order valence-corrected chi connectivity index (χ0v) is 6.21. The van der Waals surface area contributed by atoms with Crippen molar-refractivity contribution >= 4 is 5.78 Å². The summed E-state index contributed by atoms with van der Waals surface area (Å²) < 4.78 is 0. The molecule has 0 fully saturated rings. The summed E-state index contributed by atoms with van der Waals surface area (Å²) in [5, 5.41) is 9.21. The lowest BCUT2D eigenvalue weighted by Crippen LogP contribution is -2.02. The van der Waals surface area contributed by atoms with Crippen LogP contribution >= 0.6 is 0 Å². The van der Waals surface area contributed by atoms with Gasteiger partial charge in [0.25, 0.3) is 0 Å². The monoisotopic (exact) mass is 150 g/mol. The number of ketones is 1. The first-order valence-electron chi connectivity index (χ1n) is 3.48. The molecule has 0 saturated heterocycles. The van der Waals surface area contributed by atoms with E-state index in [1.807, 2.05) is 0 Å². The Morgan fingerprint density at radius 3 is 3.09 bits per heavy atom. The molecule has 0 aromatic rings. The lowest BCUT2D eigenvalue weighted by atomic mass is 10.0. The van der Waals surface area contributed by atoms with Gasteiger partial charge in [0.2, 0.25) is 0 Å². The smallest absolute Gasteiger partial charge is 0.160 e. The molecule has 2 heteroatoms. The van der Waals surface area contributed by atoms with Gasteiger partial charge in [0, 0.05) is 12.0 Å². The molecule has 0 aromatic heterocycles.